The van der Waals surface area contributed by atoms with Crippen molar-refractivity contribution < 1.29 is 39.9 Å². The molecule has 1 unspecified atom stereocenters. The predicted octanol–water partition coefficient (Wildman–Crippen LogP) is -2.88. The van der Waals surface area contributed by atoms with E-state index in [1.54, 1.807) is 0 Å². The summed E-state index contributed by atoms with van der Waals surface area (Å²) in [4.78, 5) is 21.0. The first-order valence-corrected chi connectivity index (χ1v) is 4.83. The molecule has 17 heavy (non-hydrogen) atoms. The van der Waals surface area contributed by atoms with Crippen molar-refractivity contribution in [3.63, 3.8) is 0 Å². The summed E-state index contributed by atoms with van der Waals surface area (Å²) in [5.41, 5.74) is 0. The van der Waals surface area contributed by atoms with Crippen LogP contribution in [0.4, 0.5) is 0 Å². The molecule has 0 heterocycles. The Balaban J connectivity index is 4.54. The summed E-state index contributed by atoms with van der Waals surface area (Å²) in [6, 6.07) is 0. The first-order valence-electron chi connectivity index (χ1n) is 4.83. The Morgan fingerprint density at radius 1 is 1.29 bits per heavy atom. The molecule has 0 saturated heterocycles. The molecule has 8 heteroatoms. The molecule has 0 aliphatic carbocycles. The number of carboxylic acid groups (broad SMARTS) is 1. The van der Waals surface area contributed by atoms with Crippen LogP contribution in [0.25, 0.3) is 0 Å². The second-order valence-electron chi connectivity index (χ2n) is 3.45. The van der Waals surface area contributed by atoms with E-state index >= 15 is 0 Å². The minimum Gasteiger partial charge on any atom is -0.479 e. The molecule has 0 aliphatic rings. The number of rotatable bonds is 8. The average Bonchev–Trinajstić information content (AvgIpc) is 2.32. The van der Waals surface area contributed by atoms with Crippen molar-refractivity contribution in [2.24, 2.45) is 0 Å². The Morgan fingerprint density at radius 2 is 1.82 bits per heavy atom. The summed E-state index contributed by atoms with van der Waals surface area (Å²) in [6.45, 7) is 0.318. The summed E-state index contributed by atoms with van der Waals surface area (Å²) >= 11 is 0. The smallest absolute Gasteiger partial charge is 0.332 e. The van der Waals surface area contributed by atoms with Crippen molar-refractivity contribution in [3.05, 3.63) is 0 Å². The van der Waals surface area contributed by atoms with Crippen LogP contribution in [-0.4, -0.2) is 74.9 Å². The van der Waals surface area contributed by atoms with Crippen LogP contribution in [-0.2, 0) is 14.3 Å². The quantitative estimate of drug-likeness (QED) is 0.290. The molecule has 0 amide bonds. The Kier molecular flexibility index (Phi) is 6.85. The number of ether oxygens (including phenoxy) is 1. The number of aliphatic hydroxyl groups is 4. The van der Waals surface area contributed by atoms with Crippen molar-refractivity contribution >= 4 is 12.3 Å². The molecule has 5 N–H and O–H groups in total. The van der Waals surface area contributed by atoms with E-state index in [0.29, 0.717) is 0 Å². The van der Waals surface area contributed by atoms with E-state index in [9.17, 15) is 19.8 Å². The second-order valence-corrected chi connectivity index (χ2v) is 3.45. The molecule has 100 valence electrons. The van der Waals surface area contributed by atoms with Crippen LogP contribution < -0.4 is 0 Å². The standard InChI is InChI=1S/C9H16O8/c1-4(9(15)16)17-6(3-11)8(14)7(13)5(12)2-10/h3-8,10,12-14H,2H2,1H3,(H,15,16)/t4?,5-,6+,7-,8-/m1/s1. The zero-order chi connectivity index (χ0) is 13.6. The molecule has 0 fully saturated rings. The van der Waals surface area contributed by atoms with Gasteiger partial charge in [-0.2, -0.15) is 0 Å². The van der Waals surface area contributed by atoms with E-state index < -0.39 is 43.1 Å². The number of aldehydes is 1. The summed E-state index contributed by atoms with van der Waals surface area (Å²) in [6.07, 6.45) is -8.18. The number of aliphatic carboxylic acids is 1. The molecule has 0 aromatic carbocycles. The fourth-order valence-corrected chi connectivity index (χ4v) is 1.02. The fraction of sp³-hybridized carbons (Fsp3) is 0.778. The highest BCUT2D eigenvalue weighted by atomic mass is 16.5. The lowest BCUT2D eigenvalue weighted by molar-refractivity contribution is -0.169. The average molecular weight is 252 g/mol. The minimum absolute atomic E-state index is 0.109. The van der Waals surface area contributed by atoms with Crippen LogP contribution in [0.5, 0.6) is 0 Å². The first-order chi connectivity index (χ1) is 7.84. The Bertz CT molecular complexity index is 255. The molecule has 0 aromatic rings. The van der Waals surface area contributed by atoms with Crippen molar-refractivity contribution in [2.45, 2.75) is 37.4 Å². The molecule has 0 bridgehead atoms. The van der Waals surface area contributed by atoms with Crippen LogP contribution in [0, 0.1) is 0 Å². The van der Waals surface area contributed by atoms with E-state index in [-0.39, 0.29) is 6.29 Å². The summed E-state index contributed by atoms with van der Waals surface area (Å²) in [7, 11) is 0. The third-order valence-electron chi connectivity index (χ3n) is 2.11. The zero-order valence-electron chi connectivity index (χ0n) is 9.13. The largest absolute Gasteiger partial charge is 0.479 e. The molecule has 8 nitrogen and oxygen atoms in total. The Labute approximate surface area is 97.1 Å². The number of hydrogen-bond donors (Lipinski definition) is 5. The van der Waals surface area contributed by atoms with Gasteiger partial charge in [0.2, 0.25) is 0 Å². The van der Waals surface area contributed by atoms with Crippen LogP contribution in [0.2, 0.25) is 0 Å². The van der Waals surface area contributed by atoms with Crippen LogP contribution >= 0.6 is 0 Å². The van der Waals surface area contributed by atoms with Gasteiger partial charge in [-0.1, -0.05) is 0 Å². The Hall–Kier alpha value is -1.06. The van der Waals surface area contributed by atoms with Gasteiger partial charge in [0.05, 0.1) is 6.61 Å². The van der Waals surface area contributed by atoms with Crippen LogP contribution in [0.15, 0.2) is 0 Å². The topological polar surface area (TPSA) is 145 Å². The number of carboxylic acids is 1. The first kappa shape index (κ1) is 15.9. The molecule has 0 aliphatic heterocycles. The lowest BCUT2D eigenvalue weighted by Crippen LogP contribution is -2.48. The van der Waals surface area contributed by atoms with E-state index in [1.165, 1.54) is 0 Å². The highest BCUT2D eigenvalue weighted by Crippen LogP contribution is 2.09. The van der Waals surface area contributed by atoms with Gasteiger partial charge in [0, 0.05) is 0 Å². The molecule has 5 atom stereocenters. The molecular weight excluding hydrogens is 236 g/mol. The van der Waals surface area contributed by atoms with Gasteiger partial charge in [0.25, 0.3) is 0 Å². The van der Waals surface area contributed by atoms with Crippen molar-refractivity contribution in [1.29, 1.82) is 0 Å². The predicted molar refractivity (Wildman–Crippen MR) is 53.1 cm³/mol. The van der Waals surface area contributed by atoms with E-state index in [0.717, 1.165) is 6.92 Å². The van der Waals surface area contributed by atoms with E-state index in [4.69, 9.17) is 15.3 Å². The maximum atomic E-state index is 10.6. The molecular formula is C9H16O8. The van der Waals surface area contributed by atoms with Gasteiger partial charge in [-0.3, -0.25) is 0 Å². The maximum Gasteiger partial charge on any atom is 0.332 e. The number of carbonyl (C=O) groups is 2. The van der Waals surface area contributed by atoms with E-state index in [2.05, 4.69) is 4.74 Å². The van der Waals surface area contributed by atoms with Gasteiger partial charge in [-0.15, -0.1) is 0 Å². The Morgan fingerprint density at radius 3 is 2.18 bits per heavy atom. The van der Waals surface area contributed by atoms with Crippen LogP contribution in [0.1, 0.15) is 6.92 Å². The molecule has 0 radical (unpaired) electrons. The second kappa shape index (κ2) is 7.30. The van der Waals surface area contributed by atoms with Crippen LogP contribution in [0.3, 0.4) is 0 Å². The van der Waals surface area contributed by atoms with Gasteiger partial charge < -0.3 is 35.1 Å². The highest BCUT2D eigenvalue weighted by molar-refractivity contribution is 5.72. The van der Waals surface area contributed by atoms with Gasteiger partial charge in [-0.05, 0) is 6.92 Å². The number of aliphatic hydroxyl groups excluding tert-OH is 4. The third-order valence-corrected chi connectivity index (χ3v) is 2.11. The van der Waals surface area contributed by atoms with Crippen molar-refractivity contribution in [2.75, 3.05) is 6.61 Å². The highest BCUT2D eigenvalue weighted by Gasteiger charge is 2.33. The fourth-order valence-electron chi connectivity index (χ4n) is 1.02. The summed E-state index contributed by atoms with van der Waals surface area (Å²) in [5.74, 6) is -1.35. The lowest BCUT2D eigenvalue weighted by atomic mass is 10.0. The van der Waals surface area contributed by atoms with E-state index in [1.807, 2.05) is 0 Å². The molecule has 0 rings (SSSR count). The number of hydrogen-bond acceptors (Lipinski definition) is 7. The van der Waals surface area contributed by atoms with Gasteiger partial charge in [-0.25, -0.2) is 4.79 Å². The lowest BCUT2D eigenvalue weighted by Gasteiger charge is -2.26. The van der Waals surface area contributed by atoms with Crippen molar-refractivity contribution in [1.82, 2.24) is 0 Å². The van der Waals surface area contributed by atoms with Gasteiger partial charge >= 0.3 is 5.97 Å². The molecule has 0 aromatic heterocycles. The molecule has 0 saturated carbocycles. The van der Waals surface area contributed by atoms with Crippen molar-refractivity contribution in [3.8, 4) is 0 Å². The summed E-state index contributed by atoms with van der Waals surface area (Å²) < 4.78 is 4.67. The third kappa shape index (κ3) is 4.75. The van der Waals surface area contributed by atoms with Gasteiger partial charge in [0.15, 0.2) is 12.4 Å². The maximum absolute atomic E-state index is 10.6. The van der Waals surface area contributed by atoms with Gasteiger partial charge in [0.1, 0.15) is 24.4 Å². The monoisotopic (exact) mass is 252 g/mol. The minimum atomic E-state index is -1.84. The molecule has 0 spiro atoms. The summed E-state index contributed by atoms with van der Waals surface area (Å²) in [5, 5.41) is 44.8. The number of carbonyl (C=O) groups excluding carboxylic acids is 1. The SMILES string of the molecule is CC(O[C@@H](C=O)[C@@H](O)[C@H](O)[C@H](O)CO)C(=O)O. The normalized spacial score (nSPS) is 20.1. The zero-order valence-corrected chi connectivity index (χ0v) is 9.13.